The lowest BCUT2D eigenvalue weighted by molar-refractivity contribution is -0.00800. The maximum atomic E-state index is 5.64. The summed E-state index contributed by atoms with van der Waals surface area (Å²) in [6, 6.07) is 0. The molecular formula is C27H56O5. The number of methoxy groups -OCH3 is 1. The summed E-state index contributed by atoms with van der Waals surface area (Å²) in [5.74, 6) is 0. The molecule has 0 heterocycles. The Hall–Kier alpha value is -0.200. The molecule has 0 amide bonds. The number of rotatable bonds is 29. The van der Waals surface area contributed by atoms with Crippen molar-refractivity contribution < 1.29 is 23.7 Å². The fraction of sp³-hybridized carbons (Fsp3) is 1.00. The maximum Gasteiger partial charge on any atom is 0.0701 e. The molecule has 0 aliphatic rings. The molecule has 0 aromatic carbocycles. The smallest absolute Gasteiger partial charge is 0.0701 e. The first-order chi connectivity index (χ1) is 15.9. The summed E-state index contributed by atoms with van der Waals surface area (Å²) in [4.78, 5) is 0. The molecule has 0 atom stereocenters. The third-order valence-corrected chi connectivity index (χ3v) is 5.69. The highest BCUT2D eigenvalue weighted by molar-refractivity contribution is 4.50. The van der Waals surface area contributed by atoms with Gasteiger partial charge in [-0.2, -0.15) is 0 Å². The van der Waals surface area contributed by atoms with Gasteiger partial charge in [0.1, 0.15) is 0 Å². The first-order valence-electron chi connectivity index (χ1n) is 13.7. The normalized spacial score (nSPS) is 11.4. The topological polar surface area (TPSA) is 46.2 Å². The Kier molecular flexibility index (Phi) is 30.6. The minimum absolute atomic E-state index is 0.600. The van der Waals surface area contributed by atoms with Crippen molar-refractivity contribution in [2.45, 2.75) is 110 Å². The van der Waals surface area contributed by atoms with Crippen LogP contribution in [0.1, 0.15) is 110 Å². The van der Waals surface area contributed by atoms with Crippen LogP contribution in [0.5, 0.6) is 0 Å². The standard InChI is InChI=1S/C27H56O5/c1-3-4-5-6-7-8-9-10-11-12-13-14-15-16-17-18-19-29-22-23-31-26-27-32-25-24-30-21-20-28-2/h3-27H2,1-2H3. The zero-order valence-corrected chi connectivity index (χ0v) is 21.7. The van der Waals surface area contributed by atoms with Gasteiger partial charge in [0.15, 0.2) is 0 Å². The molecule has 0 aromatic heterocycles. The predicted molar refractivity (Wildman–Crippen MR) is 135 cm³/mol. The Bertz CT molecular complexity index is 284. The summed E-state index contributed by atoms with van der Waals surface area (Å²) in [6.45, 7) is 8.14. The molecule has 0 bridgehead atoms. The summed E-state index contributed by atoms with van der Waals surface area (Å²) in [7, 11) is 1.67. The van der Waals surface area contributed by atoms with Crippen LogP contribution in [0.2, 0.25) is 0 Å². The van der Waals surface area contributed by atoms with Gasteiger partial charge in [0.2, 0.25) is 0 Å². The van der Waals surface area contributed by atoms with Gasteiger partial charge < -0.3 is 23.7 Å². The molecule has 5 heteroatoms. The van der Waals surface area contributed by atoms with E-state index in [-0.39, 0.29) is 0 Å². The van der Waals surface area contributed by atoms with Gasteiger partial charge in [-0.1, -0.05) is 103 Å². The third kappa shape index (κ3) is 29.8. The first-order valence-corrected chi connectivity index (χ1v) is 13.7. The van der Waals surface area contributed by atoms with Crippen molar-refractivity contribution in [1.82, 2.24) is 0 Å². The predicted octanol–water partition coefficient (Wildman–Crippen LogP) is 6.96. The summed E-state index contributed by atoms with van der Waals surface area (Å²) < 4.78 is 26.8. The van der Waals surface area contributed by atoms with E-state index in [0.29, 0.717) is 52.9 Å². The zero-order valence-electron chi connectivity index (χ0n) is 21.7. The minimum Gasteiger partial charge on any atom is -0.382 e. The van der Waals surface area contributed by atoms with Crippen LogP contribution in [0.15, 0.2) is 0 Å². The van der Waals surface area contributed by atoms with Gasteiger partial charge in [-0.25, -0.2) is 0 Å². The molecule has 0 spiro atoms. The quantitative estimate of drug-likeness (QED) is 0.113. The summed E-state index contributed by atoms with van der Waals surface area (Å²) >= 11 is 0. The van der Waals surface area contributed by atoms with Crippen molar-refractivity contribution >= 4 is 0 Å². The Morgan fingerprint density at radius 2 is 0.594 bits per heavy atom. The van der Waals surface area contributed by atoms with Crippen molar-refractivity contribution in [2.24, 2.45) is 0 Å². The summed E-state index contributed by atoms with van der Waals surface area (Å²) in [5, 5.41) is 0. The van der Waals surface area contributed by atoms with E-state index in [2.05, 4.69) is 6.92 Å². The first kappa shape index (κ1) is 31.8. The van der Waals surface area contributed by atoms with Gasteiger partial charge in [0.25, 0.3) is 0 Å². The van der Waals surface area contributed by atoms with E-state index in [1.165, 1.54) is 103 Å². The van der Waals surface area contributed by atoms with E-state index in [1.54, 1.807) is 7.11 Å². The Balaban J connectivity index is 2.98. The number of hydrogen-bond donors (Lipinski definition) is 0. The molecule has 0 aliphatic heterocycles. The van der Waals surface area contributed by atoms with Crippen LogP contribution in [0.25, 0.3) is 0 Å². The molecule has 32 heavy (non-hydrogen) atoms. The van der Waals surface area contributed by atoms with Gasteiger partial charge in [0.05, 0.1) is 52.9 Å². The van der Waals surface area contributed by atoms with E-state index in [1.807, 2.05) is 0 Å². The largest absolute Gasteiger partial charge is 0.382 e. The third-order valence-electron chi connectivity index (χ3n) is 5.69. The molecule has 5 nitrogen and oxygen atoms in total. The fourth-order valence-electron chi connectivity index (χ4n) is 3.66. The highest BCUT2D eigenvalue weighted by Crippen LogP contribution is 2.13. The molecule has 0 saturated heterocycles. The summed E-state index contributed by atoms with van der Waals surface area (Å²) in [5.41, 5.74) is 0. The van der Waals surface area contributed by atoms with Gasteiger partial charge in [-0.15, -0.1) is 0 Å². The number of hydrogen-bond acceptors (Lipinski definition) is 5. The monoisotopic (exact) mass is 460 g/mol. The Labute approximate surface area is 200 Å². The second kappa shape index (κ2) is 30.8. The molecule has 0 rings (SSSR count). The Morgan fingerprint density at radius 3 is 0.938 bits per heavy atom. The molecule has 0 radical (unpaired) electrons. The van der Waals surface area contributed by atoms with Crippen LogP contribution in [-0.2, 0) is 23.7 Å². The van der Waals surface area contributed by atoms with Crippen LogP contribution in [0.3, 0.4) is 0 Å². The lowest BCUT2D eigenvalue weighted by Crippen LogP contribution is -2.13. The van der Waals surface area contributed by atoms with Crippen molar-refractivity contribution in [3.8, 4) is 0 Å². The van der Waals surface area contributed by atoms with E-state index >= 15 is 0 Å². The second-order valence-electron chi connectivity index (χ2n) is 8.75. The van der Waals surface area contributed by atoms with Gasteiger partial charge >= 0.3 is 0 Å². The second-order valence-corrected chi connectivity index (χ2v) is 8.75. The maximum absolute atomic E-state index is 5.64. The average molecular weight is 461 g/mol. The fourth-order valence-corrected chi connectivity index (χ4v) is 3.66. The van der Waals surface area contributed by atoms with Gasteiger partial charge in [-0.05, 0) is 6.42 Å². The van der Waals surface area contributed by atoms with E-state index < -0.39 is 0 Å². The van der Waals surface area contributed by atoms with E-state index in [9.17, 15) is 0 Å². The SMILES string of the molecule is CCCCCCCCCCCCCCCCCCOCCOCCOCCOCCOC. The van der Waals surface area contributed by atoms with Crippen molar-refractivity contribution in [3.05, 3.63) is 0 Å². The van der Waals surface area contributed by atoms with Crippen molar-refractivity contribution in [3.63, 3.8) is 0 Å². The minimum atomic E-state index is 0.600. The molecular weight excluding hydrogens is 404 g/mol. The lowest BCUT2D eigenvalue weighted by atomic mass is 10.0. The molecule has 0 fully saturated rings. The number of ether oxygens (including phenoxy) is 5. The van der Waals surface area contributed by atoms with E-state index in [4.69, 9.17) is 23.7 Å². The molecule has 0 saturated carbocycles. The van der Waals surface area contributed by atoms with Crippen LogP contribution in [0.4, 0.5) is 0 Å². The molecule has 0 N–H and O–H groups in total. The lowest BCUT2D eigenvalue weighted by Gasteiger charge is -2.07. The van der Waals surface area contributed by atoms with Crippen LogP contribution in [-0.4, -0.2) is 66.6 Å². The molecule has 0 unspecified atom stereocenters. The molecule has 194 valence electrons. The number of unbranched alkanes of at least 4 members (excludes halogenated alkanes) is 15. The van der Waals surface area contributed by atoms with Crippen LogP contribution < -0.4 is 0 Å². The van der Waals surface area contributed by atoms with Crippen LogP contribution >= 0.6 is 0 Å². The van der Waals surface area contributed by atoms with Crippen molar-refractivity contribution in [1.29, 1.82) is 0 Å². The van der Waals surface area contributed by atoms with Crippen molar-refractivity contribution in [2.75, 3.05) is 66.6 Å². The molecule has 0 aliphatic carbocycles. The van der Waals surface area contributed by atoms with Crippen LogP contribution in [0, 0.1) is 0 Å². The average Bonchev–Trinajstić information content (AvgIpc) is 2.81. The van der Waals surface area contributed by atoms with E-state index in [0.717, 1.165) is 6.61 Å². The highest BCUT2D eigenvalue weighted by atomic mass is 16.6. The highest BCUT2D eigenvalue weighted by Gasteiger charge is 1.96. The van der Waals surface area contributed by atoms with Gasteiger partial charge in [-0.3, -0.25) is 0 Å². The zero-order chi connectivity index (χ0) is 23.2. The summed E-state index contributed by atoms with van der Waals surface area (Å²) in [6.07, 6.45) is 22.4. The Morgan fingerprint density at radius 1 is 0.312 bits per heavy atom. The molecule has 0 aromatic rings. The van der Waals surface area contributed by atoms with Gasteiger partial charge in [0, 0.05) is 13.7 Å².